The molecule has 1 unspecified atom stereocenters. The largest absolute Gasteiger partial charge is 0.573 e. The van der Waals surface area contributed by atoms with E-state index in [0.29, 0.717) is 34.7 Å². The maximum Gasteiger partial charge on any atom is 0.573 e. The number of hydrogen-bond donors (Lipinski definition) is 1. The van der Waals surface area contributed by atoms with Crippen LogP contribution in [0.25, 0.3) is 17.1 Å². The van der Waals surface area contributed by atoms with Crippen LogP contribution in [0.4, 0.5) is 23.7 Å². The van der Waals surface area contributed by atoms with Gasteiger partial charge in [-0.05, 0) is 47.9 Å². The Bertz CT molecular complexity index is 1730. The first-order valence-electron chi connectivity index (χ1n) is 13.3. The van der Waals surface area contributed by atoms with Gasteiger partial charge in [-0.2, -0.15) is 10.3 Å². The van der Waals surface area contributed by atoms with Crippen molar-refractivity contribution in [3.8, 4) is 28.9 Å². The number of hydrogen-bond acceptors (Lipinski definition) is 7. The Morgan fingerprint density at radius 1 is 1.14 bits per heavy atom. The highest BCUT2D eigenvalue weighted by Crippen LogP contribution is 2.30. The van der Waals surface area contributed by atoms with Crippen molar-refractivity contribution in [2.24, 2.45) is 4.99 Å². The lowest BCUT2D eigenvalue weighted by atomic mass is 9.99. The maximum atomic E-state index is 12.7. The van der Waals surface area contributed by atoms with Gasteiger partial charge in [0.05, 0.1) is 29.1 Å². The second kappa shape index (κ2) is 13.0. The van der Waals surface area contributed by atoms with E-state index in [1.54, 1.807) is 24.3 Å². The van der Waals surface area contributed by atoms with Crippen LogP contribution in [0, 0.1) is 11.3 Å². The van der Waals surface area contributed by atoms with Gasteiger partial charge in [-0.25, -0.2) is 14.5 Å². The molecule has 0 spiro atoms. The van der Waals surface area contributed by atoms with E-state index in [2.05, 4.69) is 31.2 Å². The zero-order chi connectivity index (χ0) is 31.3. The van der Waals surface area contributed by atoms with E-state index in [1.807, 2.05) is 31.2 Å². The quantitative estimate of drug-likeness (QED) is 0.262. The molecule has 1 aliphatic heterocycles. The smallest absolute Gasteiger partial charge is 0.406 e. The van der Waals surface area contributed by atoms with Gasteiger partial charge in [0, 0.05) is 12.1 Å². The zero-order valence-corrected chi connectivity index (χ0v) is 24.0. The van der Waals surface area contributed by atoms with Crippen LogP contribution < -0.4 is 15.0 Å². The number of benzene rings is 3. The van der Waals surface area contributed by atoms with E-state index in [-0.39, 0.29) is 29.1 Å². The first-order valence-corrected chi connectivity index (χ1v) is 14.3. The molecular weight excluding hydrogens is 595 g/mol. The number of alkyl halides is 3. The minimum atomic E-state index is -4.78. The summed E-state index contributed by atoms with van der Waals surface area (Å²) < 4.78 is 42.5. The lowest BCUT2D eigenvalue weighted by Crippen LogP contribution is -2.32. The van der Waals surface area contributed by atoms with Crippen LogP contribution >= 0.6 is 11.8 Å². The number of thioether (sulfide) groups is 1. The molecule has 2 heterocycles. The molecule has 0 aliphatic carbocycles. The van der Waals surface area contributed by atoms with Crippen LogP contribution in [0.15, 0.2) is 84.1 Å². The van der Waals surface area contributed by atoms with Gasteiger partial charge in [0.15, 0.2) is 11.0 Å². The maximum absolute atomic E-state index is 12.7. The van der Waals surface area contributed by atoms with E-state index < -0.39 is 18.3 Å². The molecule has 44 heavy (non-hydrogen) atoms. The molecule has 224 valence electrons. The minimum absolute atomic E-state index is 0.00343. The number of nitriles is 1. The number of rotatable bonds is 8. The Morgan fingerprint density at radius 3 is 2.55 bits per heavy atom. The molecule has 1 saturated heterocycles. The van der Waals surface area contributed by atoms with Crippen LogP contribution in [-0.4, -0.2) is 50.5 Å². The Balaban J connectivity index is 1.22. The molecule has 14 heteroatoms. The third-order valence-corrected chi connectivity index (χ3v) is 7.51. The molecule has 1 aromatic heterocycles. The number of nitrogens with one attached hydrogen (secondary N) is 1. The Kier molecular flexibility index (Phi) is 8.96. The van der Waals surface area contributed by atoms with Gasteiger partial charge in [0.2, 0.25) is 5.91 Å². The van der Waals surface area contributed by atoms with Crippen LogP contribution in [-0.2, 0) is 11.2 Å². The normalized spacial score (nSPS) is 14.8. The number of nitrogens with zero attached hydrogens (tertiary/aromatic N) is 6. The van der Waals surface area contributed by atoms with Crippen LogP contribution in [0.5, 0.6) is 5.75 Å². The van der Waals surface area contributed by atoms with Gasteiger partial charge < -0.3 is 10.1 Å². The number of amidine groups is 1. The van der Waals surface area contributed by atoms with Crippen LogP contribution in [0.1, 0.15) is 24.0 Å². The fourth-order valence-corrected chi connectivity index (χ4v) is 5.31. The summed E-state index contributed by atoms with van der Waals surface area (Å²) in [5.41, 5.74) is 3.43. The van der Waals surface area contributed by atoms with Crippen LogP contribution in [0.3, 0.4) is 0 Å². The van der Waals surface area contributed by atoms with Gasteiger partial charge in [-0.1, -0.05) is 61.2 Å². The van der Waals surface area contributed by atoms with Crippen molar-refractivity contribution in [3.05, 3.63) is 90.3 Å². The van der Waals surface area contributed by atoms with Gasteiger partial charge in [0.1, 0.15) is 12.1 Å². The number of aliphatic imine (C=N–C) groups is 1. The molecule has 4 aromatic rings. The first kappa shape index (κ1) is 30.3. The fraction of sp³-hybridized carbons (Fsp3) is 0.200. The number of carbonyl (C=O) groups excluding carboxylic acids is 2. The van der Waals surface area contributed by atoms with Gasteiger partial charge in [0.25, 0.3) is 0 Å². The molecule has 10 nitrogen and oxygen atoms in total. The van der Waals surface area contributed by atoms with Crippen molar-refractivity contribution in [2.45, 2.75) is 25.6 Å². The Labute approximate surface area is 254 Å². The number of urea groups is 1. The molecule has 3 amide bonds. The van der Waals surface area contributed by atoms with Gasteiger partial charge in [-0.15, -0.1) is 18.3 Å². The summed E-state index contributed by atoms with van der Waals surface area (Å²) in [6.07, 6.45) is -2.64. The topological polar surface area (TPSA) is 126 Å². The van der Waals surface area contributed by atoms with Gasteiger partial charge >= 0.3 is 12.4 Å². The highest BCUT2D eigenvalue weighted by molar-refractivity contribution is 8.15. The first-order chi connectivity index (χ1) is 21.1. The van der Waals surface area contributed by atoms with Crippen molar-refractivity contribution < 1.29 is 27.5 Å². The second-order valence-corrected chi connectivity index (χ2v) is 10.4. The summed E-state index contributed by atoms with van der Waals surface area (Å²) in [6.45, 7) is 1.98. The predicted molar refractivity (Wildman–Crippen MR) is 158 cm³/mol. The summed E-state index contributed by atoms with van der Waals surface area (Å²) in [5.74, 6) is -0.646. The van der Waals surface area contributed by atoms with Crippen molar-refractivity contribution >= 4 is 34.6 Å². The third-order valence-electron chi connectivity index (χ3n) is 6.59. The van der Waals surface area contributed by atoms with Crippen molar-refractivity contribution in [3.63, 3.8) is 0 Å². The molecule has 3 aromatic carbocycles. The number of anilines is 1. The number of para-hydroxylation sites is 1. The number of amides is 3. The van der Waals surface area contributed by atoms with E-state index in [9.17, 15) is 28.0 Å². The standard InChI is InChI=1S/C30H24F3N7O3S/c1-2-19-5-3-4-6-25(19)40-26(41)17-44-29(40)37-28(42)35-16-22(15-34)20-7-9-21(10-8-20)27-36-18-39(38-27)23-11-13-24(14-12-23)43-30(31,32)33/h3-14,18,22H,2,16-17H2,1H3,(H,35,42). The van der Waals surface area contributed by atoms with E-state index in [1.165, 1.54) is 51.9 Å². The predicted octanol–water partition coefficient (Wildman–Crippen LogP) is 5.85. The molecule has 1 aliphatic rings. The number of halogens is 3. The molecule has 0 saturated carbocycles. The number of aromatic nitrogens is 3. The number of ether oxygens (including phenoxy) is 1. The molecule has 1 N–H and O–H groups in total. The average molecular weight is 620 g/mol. The van der Waals surface area contributed by atoms with E-state index in [0.717, 1.165) is 5.56 Å². The molecule has 1 fully saturated rings. The SMILES string of the molecule is CCc1ccccc1N1C(=O)CSC1=NC(=O)NCC(C#N)c1ccc(-c2ncn(-c3ccc(OC(F)(F)F)cc3)n2)cc1. The molecule has 1 atom stereocenters. The van der Waals surface area contributed by atoms with Crippen molar-refractivity contribution in [1.29, 1.82) is 5.26 Å². The summed E-state index contributed by atoms with van der Waals surface area (Å²) in [4.78, 5) is 35.1. The summed E-state index contributed by atoms with van der Waals surface area (Å²) in [5, 5.41) is 17.1. The highest BCUT2D eigenvalue weighted by atomic mass is 32.2. The number of carbonyl (C=O) groups is 2. The molecular formula is C30H24F3N7O3S. The molecule has 5 rings (SSSR count). The van der Waals surface area contributed by atoms with Gasteiger partial charge in [-0.3, -0.25) is 9.69 Å². The minimum Gasteiger partial charge on any atom is -0.406 e. The fourth-order valence-electron chi connectivity index (χ4n) is 4.45. The monoisotopic (exact) mass is 619 g/mol. The Morgan fingerprint density at radius 2 is 1.86 bits per heavy atom. The second-order valence-electron chi connectivity index (χ2n) is 9.44. The third kappa shape index (κ3) is 7.07. The van der Waals surface area contributed by atoms with Crippen molar-refractivity contribution in [1.82, 2.24) is 20.1 Å². The average Bonchev–Trinajstić information content (AvgIpc) is 3.64. The van der Waals surface area contributed by atoms with E-state index >= 15 is 0 Å². The molecule has 0 radical (unpaired) electrons. The summed E-state index contributed by atoms with van der Waals surface area (Å²) >= 11 is 1.18. The summed E-state index contributed by atoms with van der Waals surface area (Å²) in [7, 11) is 0. The van der Waals surface area contributed by atoms with Crippen LogP contribution in [0.2, 0.25) is 0 Å². The lowest BCUT2D eigenvalue weighted by Gasteiger charge is -2.19. The van der Waals surface area contributed by atoms with Crippen molar-refractivity contribution in [2.75, 3.05) is 17.2 Å². The highest BCUT2D eigenvalue weighted by Gasteiger charge is 2.32. The van der Waals surface area contributed by atoms with E-state index in [4.69, 9.17) is 0 Å². The molecule has 0 bridgehead atoms. The Hall–Kier alpha value is -5.16. The summed E-state index contributed by atoms with van der Waals surface area (Å²) in [6, 6.07) is 21.1. The lowest BCUT2D eigenvalue weighted by molar-refractivity contribution is -0.274. The number of aryl methyl sites for hydroxylation is 1. The zero-order valence-electron chi connectivity index (χ0n) is 23.2.